The van der Waals surface area contributed by atoms with E-state index < -0.39 is 0 Å². The zero-order chi connectivity index (χ0) is 17.6. The van der Waals surface area contributed by atoms with Crippen molar-refractivity contribution in [3.8, 4) is 17.2 Å². The van der Waals surface area contributed by atoms with Gasteiger partial charge in [0, 0.05) is 9.13 Å². The highest BCUT2D eigenvalue weighted by atomic mass is 127. The van der Waals surface area contributed by atoms with Gasteiger partial charge in [-0.05, 0) is 83.3 Å². The third-order valence-electron chi connectivity index (χ3n) is 3.53. The molecular weight excluding hydrogens is 429 g/mol. The number of rotatable bonds is 5. The summed E-state index contributed by atoms with van der Waals surface area (Å²) in [6, 6.07) is 22.0. The molecule has 1 N–H and O–H groups in total. The molecule has 0 unspecified atom stereocenters. The van der Waals surface area contributed by atoms with Gasteiger partial charge >= 0.3 is 0 Å². The molecule has 0 saturated carbocycles. The van der Waals surface area contributed by atoms with Crippen molar-refractivity contribution in [1.82, 2.24) is 0 Å². The van der Waals surface area contributed by atoms with Gasteiger partial charge in [-0.2, -0.15) is 0 Å². The highest BCUT2D eigenvalue weighted by Crippen LogP contribution is 2.24. The Hall–Kier alpha value is -2.54. The van der Waals surface area contributed by atoms with Crippen molar-refractivity contribution in [1.29, 1.82) is 0 Å². The lowest BCUT2D eigenvalue weighted by molar-refractivity contribution is 0.102. The standard InChI is InChI=1S/C20H16INO3/c1-24-15-10-12-17(13-11-15)25-16-8-6-14(7-9-16)20(23)22-19-5-3-2-4-18(19)21/h2-13H,1H3,(H,22,23). The van der Waals surface area contributed by atoms with E-state index in [1.807, 2.05) is 48.5 Å². The predicted octanol–water partition coefficient (Wildman–Crippen LogP) is 5.34. The monoisotopic (exact) mass is 445 g/mol. The van der Waals surface area contributed by atoms with Crippen LogP contribution in [0.3, 0.4) is 0 Å². The summed E-state index contributed by atoms with van der Waals surface area (Å²) in [7, 11) is 1.62. The molecule has 3 aromatic carbocycles. The van der Waals surface area contributed by atoms with E-state index in [-0.39, 0.29) is 5.91 Å². The normalized spacial score (nSPS) is 10.2. The van der Waals surface area contributed by atoms with Gasteiger partial charge in [0.25, 0.3) is 5.91 Å². The number of methoxy groups -OCH3 is 1. The average Bonchev–Trinajstić information content (AvgIpc) is 2.65. The number of carbonyl (C=O) groups excluding carboxylic acids is 1. The number of hydrogen-bond acceptors (Lipinski definition) is 3. The first-order valence-electron chi connectivity index (χ1n) is 7.63. The molecular formula is C20H16INO3. The second-order valence-electron chi connectivity index (χ2n) is 5.24. The van der Waals surface area contributed by atoms with Gasteiger partial charge in [-0.3, -0.25) is 4.79 Å². The Morgan fingerprint density at radius 2 is 1.40 bits per heavy atom. The molecule has 0 radical (unpaired) electrons. The van der Waals surface area contributed by atoms with Gasteiger partial charge in [-0.1, -0.05) is 12.1 Å². The lowest BCUT2D eigenvalue weighted by Crippen LogP contribution is -2.12. The number of amides is 1. The third-order valence-corrected chi connectivity index (χ3v) is 4.47. The summed E-state index contributed by atoms with van der Waals surface area (Å²) in [5.41, 5.74) is 1.37. The first-order chi connectivity index (χ1) is 12.2. The minimum absolute atomic E-state index is 0.153. The fraction of sp³-hybridized carbons (Fsp3) is 0.0500. The lowest BCUT2D eigenvalue weighted by Gasteiger charge is -2.09. The van der Waals surface area contributed by atoms with Crippen molar-refractivity contribution >= 4 is 34.2 Å². The summed E-state index contributed by atoms with van der Waals surface area (Å²) in [6.45, 7) is 0. The van der Waals surface area contributed by atoms with Gasteiger partial charge < -0.3 is 14.8 Å². The van der Waals surface area contributed by atoms with Crippen molar-refractivity contribution in [2.24, 2.45) is 0 Å². The Balaban J connectivity index is 1.67. The molecule has 0 spiro atoms. The van der Waals surface area contributed by atoms with E-state index in [4.69, 9.17) is 9.47 Å². The zero-order valence-corrected chi connectivity index (χ0v) is 15.7. The van der Waals surface area contributed by atoms with Crippen molar-refractivity contribution in [2.45, 2.75) is 0 Å². The van der Waals surface area contributed by atoms with Crippen LogP contribution in [0.1, 0.15) is 10.4 Å². The second kappa shape index (κ2) is 8.02. The van der Waals surface area contributed by atoms with Crippen molar-refractivity contribution in [3.05, 3.63) is 81.9 Å². The smallest absolute Gasteiger partial charge is 0.255 e. The van der Waals surface area contributed by atoms with Crippen molar-refractivity contribution in [3.63, 3.8) is 0 Å². The number of anilines is 1. The Morgan fingerprint density at radius 3 is 2.00 bits per heavy atom. The van der Waals surface area contributed by atoms with Crippen molar-refractivity contribution in [2.75, 3.05) is 12.4 Å². The van der Waals surface area contributed by atoms with E-state index in [1.165, 1.54) is 0 Å². The molecule has 0 aromatic heterocycles. The van der Waals surface area contributed by atoms with Gasteiger partial charge in [0.15, 0.2) is 0 Å². The molecule has 1 amide bonds. The van der Waals surface area contributed by atoms with Crippen LogP contribution in [0.2, 0.25) is 0 Å². The van der Waals surface area contributed by atoms with Crippen LogP contribution in [-0.4, -0.2) is 13.0 Å². The SMILES string of the molecule is COc1ccc(Oc2ccc(C(=O)Nc3ccccc3I)cc2)cc1. The Bertz CT molecular complexity index is 861. The number of carbonyl (C=O) groups is 1. The maximum absolute atomic E-state index is 12.3. The number of hydrogen-bond donors (Lipinski definition) is 1. The first kappa shape index (κ1) is 17.3. The summed E-state index contributed by atoms with van der Waals surface area (Å²) in [6.07, 6.45) is 0. The first-order valence-corrected chi connectivity index (χ1v) is 8.71. The van der Waals surface area contributed by atoms with Gasteiger partial charge in [-0.25, -0.2) is 0 Å². The van der Waals surface area contributed by atoms with Gasteiger partial charge in [0.05, 0.1) is 12.8 Å². The Labute approximate surface area is 159 Å². The van der Waals surface area contributed by atoms with E-state index in [9.17, 15) is 4.79 Å². The fourth-order valence-corrected chi connectivity index (χ4v) is 2.73. The molecule has 3 aromatic rings. The largest absolute Gasteiger partial charge is 0.497 e. The quantitative estimate of drug-likeness (QED) is 0.540. The highest BCUT2D eigenvalue weighted by molar-refractivity contribution is 14.1. The van der Waals surface area contributed by atoms with Gasteiger partial charge in [-0.15, -0.1) is 0 Å². The third kappa shape index (κ3) is 4.51. The lowest BCUT2D eigenvalue weighted by atomic mass is 10.2. The van der Waals surface area contributed by atoms with Crippen LogP contribution in [0.4, 0.5) is 5.69 Å². The fourth-order valence-electron chi connectivity index (χ4n) is 2.21. The molecule has 3 rings (SSSR count). The molecule has 25 heavy (non-hydrogen) atoms. The summed E-state index contributed by atoms with van der Waals surface area (Å²) in [5, 5.41) is 2.91. The number of nitrogens with one attached hydrogen (secondary N) is 1. The van der Waals surface area contributed by atoms with Crippen molar-refractivity contribution < 1.29 is 14.3 Å². The van der Waals surface area contributed by atoms with Crippen LogP contribution in [0.5, 0.6) is 17.2 Å². The van der Waals surface area contributed by atoms with E-state index in [2.05, 4.69) is 27.9 Å². The number of halogens is 1. The molecule has 0 aliphatic carbocycles. The Kier molecular flexibility index (Phi) is 5.55. The minimum Gasteiger partial charge on any atom is -0.497 e. The summed E-state index contributed by atoms with van der Waals surface area (Å²) in [5.74, 6) is 1.99. The minimum atomic E-state index is -0.153. The molecule has 0 aliphatic rings. The van der Waals surface area contributed by atoms with Crippen LogP contribution >= 0.6 is 22.6 Å². The van der Waals surface area contributed by atoms with E-state index in [0.29, 0.717) is 17.1 Å². The van der Waals surface area contributed by atoms with Gasteiger partial charge in [0.2, 0.25) is 0 Å². The average molecular weight is 445 g/mol. The second-order valence-corrected chi connectivity index (χ2v) is 6.40. The maximum atomic E-state index is 12.3. The zero-order valence-electron chi connectivity index (χ0n) is 13.5. The summed E-state index contributed by atoms with van der Waals surface area (Å²) >= 11 is 2.19. The molecule has 0 fully saturated rings. The predicted molar refractivity (Wildman–Crippen MR) is 107 cm³/mol. The molecule has 0 saturated heterocycles. The van der Waals surface area contributed by atoms with Crippen LogP contribution in [0.15, 0.2) is 72.8 Å². The maximum Gasteiger partial charge on any atom is 0.255 e. The number of ether oxygens (including phenoxy) is 2. The topological polar surface area (TPSA) is 47.6 Å². The van der Waals surface area contributed by atoms with Crippen LogP contribution in [0.25, 0.3) is 0 Å². The molecule has 0 atom stereocenters. The van der Waals surface area contributed by atoms with E-state index >= 15 is 0 Å². The summed E-state index contributed by atoms with van der Waals surface area (Å²) < 4.78 is 11.9. The molecule has 5 heteroatoms. The van der Waals surface area contributed by atoms with Crippen LogP contribution < -0.4 is 14.8 Å². The van der Waals surface area contributed by atoms with Gasteiger partial charge in [0.1, 0.15) is 17.2 Å². The molecule has 0 bridgehead atoms. The molecule has 0 aliphatic heterocycles. The molecule has 4 nitrogen and oxygen atoms in total. The van der Waals surface area contributed by atoms with Crippen LogP contribution in [0, 0.1) is 3.57 Å². The summed E-state index contributed by atoms with van der Waals surface area (Å²) in [4.78, 5) is 12.3. The van der Waals surface area contributed by atoms with E-state index in [1.54, 1.807) is 31.4 Å². The molecule has 126 valence electrons. The van der Waals surface area contributed by atoms with E-state index in [0.717, 1.165) is 15.0 Å². The molecule has 0 heterocycles. The number of para-hydroxylation sites is 1. The number of benzene rings is 3. The highest BCUT2D eigenvalue weighted by Gasteiger charge is 2.08. The Morgan fingerprint density at radius 1 is 0.840 bits per heavy atom. The van der Waals surface area contributed by atoms with Crippen LogP contribution in [-0.2, 0) is 0 Å².